The van der Waals surface area contributed by atoms with Crippen molar-refractivity contribution in [2.24, 2.45) is 22.1 Å². The normalized spacial score (nSPS) is 14.8. The van der Waals surface area contributed by atoms with Crippen molar-refractivity contribution in [1.82, 2.24) is 34.7 Å². The minimum absolute atomic E-state index is 0.00498. The Morgan fingerprint density at radius 3 is 2.73 bits per heavy atom. The van der Waals surface area contributed by atoms with Crippen LogP contribution in [0.3, 0.4) is 0 Å². The number of carbonyl (C=O) groups excluding carboxylic acids is 2. The van der Waals surface area contributed by atoms with Crippen molar-refractivity contribution in [3.05, 3.63) is 54.5 Å². The van der Waals surface area contributed by atoms with Crippen molar-refractivity contribution in [2.75, 3.05) is 31.3 Å². The van der Waals surface area contributed by atoms with Crippen molar-refractivity contribution >= 4 is 39.6 Å². The zero-order valence-corrected chi connectivity index (χ0v) is 21.6. The van der Waals surface area contributed by atoms with Crippen LogP contribution in [0.15, 0.2) is 59.3 Å². The lowest BCUT2D eigenvalue weighted by Crippen LogP contribution is -2.35. The first-order valence-corrected chi connectivity index (χ1v) is 12.6. The van der Waals surface area contributed by atoms with Crippen molar-refractivity contribution < 1.29 is 9.59 Å². The zero-order chi connectivity index (χ0) is 27.8. The van der Waals surface area contributed by atoms with E-state index in [1.165, 1.54) is 4.68 Å². The second-order valence-electron chi connectivity index (χ2n) is 9.72. The van der Waals surface area contributed by atoms with Crippen molar-refractivity contribution in [3.63, 3.8) is 0 Å². The van der Waals surface area contributed by atoms with Gasteiger partial charge in [0.05, 0.1) is 28.4 Å². The predicted molar refractivity (Wildman–Crippen MR) is 148 cm³/mol. The Morgan fingerprint density at radius 2 is 1.93 bits per heavy atom. The molecule has 1 saturated heterocycles. The number of imidazole rings is 1. The van der Waals surface area contributed by atoms with E-state index in [0.717, 1.165) is 37.1 Å². The van der Waals surface area contributed by atoms with Gasteiger partial charge in [-0.15, -0.1) is 0 Å². The smallest absolute Gasteiger partial charge is 0.299 e. The first-order chi connectivity index (χ1) is 19.4. The van der Waals surface area contributed by atoms with Crippen molar-refractivity contribution in [2.45, 2.75) is 12.8 Å². The lowest BCUT2D eigenvalue weighted by molar-refractivity contribution is -0.121. The molecule has 6 rings (SSSR count). The maximum absolute atomic E-state index is 12.8. The van der Waals surface area contributed by atoms with Gasteiger partial charge in [-0.2, -0.15) is 5.10 Å². The molecular formula is C26H26N12O2. The highest BCUT2D eigenvalue weighted by atomic mass is 16.2. The van der Waals surface area contributed by atoms with Gasteiger partial charge in [0.25, 0.3) is 5.91 Å². The van der Waals surface area contributed by atoms with Crippen LogP contribution in [0.2, 0.25) is 0 Å². The molecule has 5 heterocycles. The molecule has 2 amide bonds. The van der Waals surface area contributed by atoms with Gasteiger partial charge < -0.3 is 21.9 Å². The molecular weight excluding hydrogens is 512 g/mol. The summed E-state index contributed by atoms with van der Waals surface area (Å²) in [5.74, 6) is 11.1. The van der Waals surface area contributed by atoms with Crippen LogP contribution in [-0.2, 0) is 4.79 Å². The van der Waals surface area contributed by atoms with E-state index >= 15 is 0 Å². The van der Waals surface area contributed by atoms with Gasteiger partial charge in [-0.3, -0.25) is 19.7 Å². The number of amides is 2. The van der Waals surface area contributed by atoms with E-state index in [1.807, 2.05) is 12.1 Å². The summed E-state index contributed by atoms with van der Waals surface area (Å²) in [6, 6.07) is 8.74. The van der Waals surface area contributed by atoms with E-state index < -0.39 is 5.91 Å². The van der Waals surface area contributed by atoms with Crippen LogP contribution in [0.4, 0.5) is 5.69 Å². The standard InChI is InChI=1S/C26H26N12O2/c1-37-7-5-14(6-8-37)25(39)31-17-9-15(11-29-13-17)16-10-19-22(33-34-23(19)30-12-16)24-32-21-18(26(40)35-36-27)3-2-4-20(21)38(24)28/h2-4,9-14H,5-8,28H2,1H3,(H,31,39)(H2,27,35,40)(H,30,33,34). The second kappa shape index (κ2) is 10.1. The summed E-state index contributed by atoms with van der Waals surface area (Å²) >= 11 is 0. The molecule has 1 aliphatic rings. The largest absolute Gasteiger partial charge is 0.337 e. The number of nitrogens with zero attached hydrogens (tertiary/aromatic N) is 8. The van der Waals surface area contributed by atoms with Crippen molar-refractivity contribution in [3.8, 4) is 22.6 Å². The summed E-state index contributed by atoms with van der Waals surface area (Å²) in [5.41, 5.74) is 4.17. The van der Waals surface area contributed by atoms with Gasteiger partial charge in [-0.05, 0) is 57.2 Å². The third-order valence-electron chi connectivity index (χ3n) is 7.16. The number of nitrogens with two attached hydrogens (primary N) is 2. The molecule has 0 saturated carbocycles. The maximum atomic E-state index is 12.8. The minimum atomic E-state index is -0.635. The maximum Gasteiger partial charge on any atom is 0.299 e. The fraction of sp³-hybridized carbons (Fsp3) is 0.231. The minimum Gasteiger partial charge on any atom is -0.337 e. The average Bonchev–Trinajstić information content (AvgIpc) is 3.53. The molecule has 6 N–H and O–H groups in total. The van der Waals surface area contributed by atoms with Crippen LogP contribution in [-0.4, -0.2) is 66.7 Å². The number of hydrogen-bond acceptors (Lipinski definition) is 9. The molecule has 0 radical (unpaired) electrons. The number of para-hydroxylation sites is 1. The lowest BCUT2D eigenvalue weighted by Gasteiger charge is -2.28. The molecule has 202 valence electrons. The van der Waals surface area contributed by atoms with Crippen LogP contribution in [0.25, 0.3) is 44.7 Å². The number of pyridine rings is 2. The number of fused-ring (bicyclic) bond motifs is 2. The molecule has 1 fully saturated rings. The number of anilines is 1. The number of piperidine rings is 1. The Labute approximate surface area is 227 Å². The Balaban J connectivity index is 1.34. The Hall–Kier alpha value is -5.24. The molecule has 40 heavy (non-hydrogen) atoms. The molecule has 0 unspecified atom stereocenters. The van der Waals surface area contributed by atoms with E-state index in [9.17, 15) is 9.59 Å². The van der Waals surface area contributed by atoms with Crippen molar-refractivity contribution in [1.29, 1.82) is 0 Å². The van der Waals surface area contributed by atoms with Gasteiger partial charge in [-0.25, -0.2) is 14.6 Å². The molecule has 0 bridgehead atoms. The molecule has 5 aromatic rings. The summed E-state index contributed by atoms with van der Waals surface area (Å²) in [6.45, 7) is 1.81. The summed E-state index contributed by atoms with van der Waals surface area (Å²) < 4.78 is 1.36. The highest BCUT2D eigenvalue weighted by molar-refractivity contribution is 6.06. The van der Waals surface area contributed by atoms with Gasteiger partial charge in [0.15, 0.2) is 11.5 Å². The molecule has 1 aliphatic heterocycles. The number of hydrogen-bond donors (Lipinski definition) is 4. The number of aromatic nitrogens is 6. The van der Waals surface area contributed by atoms with Crippen LogP contribution in [0.1, 0.15) is 23.2 Å². The van der Waals surface area contributed by atoms with Crippen LogP contribution < -0.4 is 17.0 Å². The van der Waals surface area contributed by atoms with E-state index in [4.69, 9.17) is 11.7 Å². The third-order valence-corrected chi connectivity index (χ3v) is 7.16. The predicted octanol–water partition coefficient (Wildman–Crippen LogP) is 2.50. The molecule has 4 aromatic heterocycles. The fourth-order valence-corrected chi connectivity index (χ4v) is 4.98. The number of rotatable bonds is 5. The average molecular weight is 539 g/mol. The van der Waals surface area contributed by atoms with E-state index in [0.29, 0.717) is 39.3 Å². The van der Waals surface area contributed by atoms with Crippen LogP contribution in [0, 0.1) is 5.92 Å². The highest BCUT2D eigenvalue weighted by Gasteiger charge is 2.24. The number of aromatic amines is 1. The van der Waals surface area contributed by atoms with Gasteiger partial charge in [-0.1, -0.05) is 16.4 Å². The number of H-pyrrole nitrogens is 1. The number of carbonyl (C=O) groups is 2. The fourth-order valence-electron chi connectivity index (χ4n) is 4.98. The van der Waals surface area contributed by atoms with E-state index in [-0.39, 0.29) is 17.4 Å². The van der Waals surface area contributed by atoms with Gasteiger partial charge in [0.2, 0.25) is 5.91 Å². The van der Waals surface area contributed by atoms with E-state index in [1.54, 1.807) is 36.8 Å². The van der Waals surface area contributed by atoms with Gasteiger partial charge >= 0.3 is 0 Å². The summed E-state index contributed by atoms with van der Waals surface area (Å²) in [6.07, 6.45) is 6.70. The number of likely N-dealkylation sites (tertiary alicyclic amines) is 1. The van der Waals surface area contributed by atoms with E-state index in [2.05, 4.69) is 52.8 Å². The molecule has 14 heteroatoms. The number of nitrogens with one attached hydrogen (secondary N) is 2. The topological polar surface area (TPSA) is 198 Å². The highest BCUT2D eigenvalue weighted by Crippen LogP contribution is 2.31. The summed E-state index contributed by atoms with van der Waals surface area (Å²) in [5, 5.41) is 17.5. The molecule has 0 aliphatic carbocycles. The second-order valence-corrected chi connectivity index (χ2v) is 9.72. The molecule has 1 aromatic carbocycles. The Bertz CT molecular complexity index is 1780. The third kappa shape index (κ3) is 4.49. The zero-order valence-electron chi connectivity index (χ0n) is 21.6. The summed E-state index contributed by atoms with van der Waals surface area (Å²) in [7, 11) is 2.06. The van der Waals surface area contributed by atoms with Gasteiger partial charge in [0.1, 0.15) is 11.2 Å². The number of benzene rings is 1. The monoisotopic (exact) mass is 538 g/mol. The SMILES string of the molecule is CN1CCC(C(=O)Nc2cncc(-c3cnc4[nH]nc(-c5nc6c(C(=O)N=NN)cccc6n5N)c4c3)c2)CC1. The first kappa shape index (κ1) is 25.1. The first-order valence-electron chi connectivity index (χ1n) is 12.6. The van der Waals surface area contributed by atoms with Crippen LogP contribution >= 0.6 is 0 Å². The van der Waals surface area contributed by atoms with Gasteiger partial charge in [0, 0.05) is 29.4 Å². The quantitative estimate of drug-likeness (QED) is 0.147. The number of nitrogen functional groups attached to an aromatic ring is 1. The molecule has 14 nitrogen and oxygen atoms in total. The lowest BCUT2D eigenvalue weighted by atomic mass is 9.96. The van der Waals surface area contributed by atoms with Crippen LogP contribution in [0.5, 0.6) is 0 Å². The Kier molecular flexibility index (Phi) is 6.36. The molecule has 0 spiro atoms. The Morgan fingerprint density at radius 1 is 1.12 bits per heavy atom. The summed E-state index contributed by atoms with van der Waals surface area (Å²) in [4.78, 5) is 40.9. The molecule has 0 atom stereocenters.